The number of imide groups is 2. The van der Waals surface area contributed by atoms with Gasteiger partial charge in [0.15, 0.2) is 5.41 Å². The van der Waals surface area contributed by atoms with Crippen LogP contribution in [0.15, 0.2) is 48.5 Å². The lowest BCUT2D eigenvalue weighted by Gasteiger charge is -2.48. The summed E-state index contributed by atoms with van der Waals surface area (Å²) in [5.41, 5.74) is 0.835. The van der Waals surface area contributed by atoms with Crippen molar-refractivity contribution in [1.29, 1.82) is 0 Å². The fourth-order valence-electron chi connectivity index (χ4n) is 5.29. The van der Waals surface area contributed by atoms with E-state index in [1.54, 1.807) is 6.07 Å². The number of barbiturate groups is 1. The SMILES string of the molecule is CN1C(=O)NC(=O)[C@]2(Cc3cc([N+](=O)[O-])ccc3N3C[C@@H](c4ccccc4)C[C@@H]32)C1=O. The Morgan fingerprint density at radius 2 is 1.87 bits per heavy atom. The van der Waals surface area contributed by atoms with Crippen LogP contribution in [0.3, 0.4) is 0 Å². The maximum atomic E-state index is 13.4. The molecule has 1 N–H and O–H groups in total. The summed E-state index contributed by atoms with van der Waals surface area (Å²) in [6.45, 7) is 0.569. The van der Waals surface area contributed by atoms with Crippen LogP contribution < -0.4 is 10.2 Å². The molecule has 0 unspecified atom stereocenters. The first-order valence-corrected chi connectivity index (χ1v) is 10.1. The highest BCUT2D eigenvalue weighted by Gasteiger charge is 2.63. The van der Waals surface area contributed by atoms with Crippen LogP contribution in [0.4, 0.5) is 16.2 Å². The predicted molar refractivity (Wildman–Crippen MR) is 110 cm³/mol. The van der Waals surface area contributed by atoms with Crippen molar-refractivity contribution in [2.75, 3.05) is 18.5 Å². The third-order valence-corrected chi connectivity index (χ3v) is 6.81. The first-order chi connectivity index (χ1) is 14.8. The standard InChI is InChI=1S/C22H20N4O5/c1-24-20(28)22(19(27)23-21(24)29)11-14-9-16(26(30)31)7-8-17(14)25-12-15(10-18(22)25)13-5-3-2-4-6-13/h2-9,15,18H,10-12H2,1H3,(H,23,27,29)/t15-,18+,22+/m0/s1. The molecule has 2 aromatic rings. The van der Waals surface area contributed by atoms with Gasteiger partial charge in [-0.15, -0.1) is 0 Å². The van der Waals surface area contributed by atoms with Gasteiger partial charge in [-0.3, -0.25) is 29.9 Å². The Kier molecular flexibility index (Phi) is 4.11. The number of nitrogens with zero attached hydrogens (tertiary/aromatic N) is 3. The van der Waals surface area contributed by atoms with Crippen molar-refractivity contribution >= 4 is 29.2 Å². The Hall–Kier alpha value is -3.75. The van der Waals surface area contributed by atoms with Crippen LogP contribution in [0.5, 0.6) is 0 Å². The number of carbonyl (C=O) groups excluding carboxylic acids is 3. The van der Waals surface area contributed by atoms with Crippen LogP contribution in [0.2, 0.25) is 0 Å². The van der Waals surface area contributed by atoms with Gasteiger partial charge in [0.05, 0.1) is 11.0 Å². The Morgan fingerprint density at radius 1 is 1.13 bits per heavy atom. The van der Waals surface area contributed by atoms with Gasteiger partial charge in [-0.25, -0.2) is 4.79 Å². The number of rotatable bonds is 2. The summed E-state index contributed by atoms with van der Waals surface area (Å²) >= 11 is 0. The largest absolute Gasteiger partial charge is 0.366 e. The molecule has 5 rings (SSSR count). The van der Waals surface area contributed by atoms with Gasteiger partial charge in [-0.05, 0) is 23.6 Å². The number of urea groups is 1. The van der Waals surface area contributed by atoms with Crippen LogP contribution >= 0.6 is 0 Å². The lowest BCUT2D eigenvalue weighted by molar-refractivity contribution is -0.384. The van der Waals surface area contributed by atoms with Crippen molar-refractivity contribution in [2.24, 2.45) is 5.41 Å². The third-order valence-electron chi connectivity index (χ3n) is 6.81. The maximum Gasteiger partial charge on any atom is 0.330 e. The lowest BCUT2D eigenvalue weighted by Crippen LogP contribution is -2.70. The second kappa shape index (κ2) is 6.63. The minimum absolute atomic E-state index is 0.00891. The molecule has 2 aromatic carbocycles. The first-order valence-electron chi connectivity index (χ1n) is 10.1. The van der Waals surface area contributed by atoms with Gasteiger partial charge < -0.3 is 4.90 Å². The molecule has 3 aliphatic rings. The van der Waals surface area contributed by atoms with Gasteiger partial charge in [0, 0.05) is 43.8 Å². The molecule has 2 saturated heterocycles. The summed E-state index contributed by atoms with van der Waals surface area (Å²) < 4.78 is 0. The van der Waals surface area contributed by atoms with E-state index >= 15 is 0 Å². The van der Waals surface area contributed by atoms with Gasteiger partial charge in [0.2, 0.25) is 11.8 Å². The molecule has 0 aliphatic carbocycles. The number of nitrogens with one attached hydrogen (secondary N) is 1. The molecule has 3 heterocycles. The van der Waals surface area contributed by atoms with Crippen molar-refractivity contribution in [3.63, 3.8) is 0 Å². The lowest BCUT2D eigenvalue weighted by atomic mass is 9.68. The van der Waals surface area contributed by atoms with Crippen molar-refractivity contribution in [1.82, 2.24) is 10.2 Å². The summed E-state index contributed by atoms with van der Waals surface area (Å²) in [4.78, 5) is 52.5. The summed E-state index contributed by atoms with van der Waals surface area (Å²) in [6.07, 6.45) is 0.566. The molecule has 31 heavy (non-hydrogen) atoms. The molecule has 9 nitrogen and oxygen atoms in total. The van der Waals surface area contributed by atoms with E-state index < -0.39 is 34.2 Å². The fourth-order valence-corrected chi connectivity index (χ4v) is 5.29. The number of amides is 4. The second-order valence-corrected chi connectivity index (χ2v) is 8.35. The van der Waals surface area contributed by atoms with Gasteiger partial charge in [0.1, 0.15) is 0 Å². The van der Waals surface area contributed by atoms with E-state index in [9.17, 15) is 24.5 Å². The number of carbonyl (C=O) groups is 3. The van der Waals surface area contributed by atoms with Gasteiger partial charge >= 0.3 is 6.03 Å². The third kappa shape index (κ3) is 2.66. The number of nitro benzene ring substituents is 1. The van der Waals surface area contributed by atoms with E-state index in [0.717, 1.165) is 16.2 Å². The zero-order valence-electron chi connectivity index (χ0n) is 16.8. The van der Waals surface area contributed by atoms with E-state index in [4.69, 9.17) is 0 Å². The molecule has 9 heteroatoms. The molecule has 0 saturated carbocycles. The number of anilines is 1. The summed E-state index contributed by atoms with van der Waals surface area (Å²) in [5.74, 6) is -1.13. The van der Waals surface area contributed by atoms with Crippen LogP contribution in [0, 0.1) is 15.5 Å². The highest BCUT2D eigenvalue weighted by atomic mass is 16.6. The van der Waals surface area contributed by atoms with Crippen molar-refractivity contribution in [3.05, 3.63) is 69.8 Å². The highest BCUT2D eigenvalue weighted by Crippen LogP contribution is 2.51. The van der Waals surface area contributed by atoms with Crippen LogP contribution in [0.1, 0.15) is 23.5 Å². The number of hydrogen-bond donors (Lipinski definition) is 1. The molecular weight excluding hydrogens is 400 g/mol. The first kappa shape index (κ1) is 19.2. The zero-order chi connectivity index (χ0) is 21.9. The Morgan fingerprint density at radius 3 is 2.58 bits per heavy atom. The van der Waals surface area contributed by atoms with Crippen molar-refractivity contribution in [2.45, 2.75) is 24.8 Å². The minimum atomic E-state index is -1.52. The van der Waals surface area contributed by atoms with E-state index in [1.165, 1.54) is 19.2 Å². The minimum Gasteiger partial charge on any atom is -0.366 e. The number of hydrogen-bond acceptors (Lipinski definition) is 6. The number of non-ortho nitro benzene ring substituents is 1. The van der Waals surface area contributed by atoms with Crippen LogP contribution in [0.25, 0.3) is 0 Å². The smallest absolute Gasteiger partial charge is 0.330 e. The second-order valence-electron chi connectivity index (χ2n) is 8.35. The highest BCUT2D eigenvalue weighted by molar-refractivity contribution is 6.20. The van der Waals surface area contributed by atoms with Crippen molar-refractivity contribution < 1.29 is 19.3 Å². The molecule has 0 radical (unpaired) electrons. The molecule has 0 aromatic heterocycles. The van der Waals surface area contributed by atoms with E-state index in [2.05, 4.69) is 5.32 Å². The average molecular weight is 420 g/mol. The summed E-state index contributed by atoms with van der Waals surface area (Å²) in [5, 5.41) is 13.7. The van der Waals surface area contributed by atoms with Gasteiger partial charge in [-0.2, -0.15) is 0 Å². The summed E-state index contributed by atoms with van der Waals surface area (Å²) in [6, 6.07) is 13.2. The molecule has 158 valence electrons. The quantitative estimate of drug-likeness (QED) is 0.453. The molecule has 4 amide bonds. The van der Waals surface area contributed by atoms with Gasteiger partial charge in [0.25, 0.3) is 5.69 Å². The molecule has 0 bridgehead atoms. The molecule has 1 spiro atoms. The zero-order valence-corrected chi connectivity index (χ0v) is 16.8. The monoisotopic (exact) mass is 420 g/mol. The maximum absolute atomic E-state index is 13.4. The predicted octanol–water partition coefficient (Wildman–Crippen LogP) is 2.21. The number of fused-ring (bicyclic) bond motifs is 4. The molecule has 3 aliphatic heterocycles. The Labute approximate surface area is 177 Å². The van der Waals surface area contributed by atoms with E-state index in [-0.39, 0.29) is 18.0 Å². The molecule has 3 atom stereocenters. The molecule has 2 fully saturated rings. The fraction of sp³-hybridized carbons (Fsp3) is 0.318. The van der Waals surface area contributed by atoms with Gasteiger partial charge in [-0.1, -0.05) is 30.3 Å². The van der Waals surface area contributed by atoms with Crippen LogP contribution in [-0.4, -0.2) is 47.3 Å². The Balaban J connectivity index is 1.67. The number of nitro groups is 1. The summed E-state index contributed by atoms with van der Waals surface area (Å²) in [7, 11) is 1.35. The topological polar surface area (TPSA) is 113 Å². The average Bonchev–Trinajstić information content (AvgIpc) is 3.22. The van der Waals surface area contributed by atoms with E-state index in [0.29, 0.717) is 18.5 Å². The normalized spacial score (nSPS) is 27.2. The van der Waals surface area contributed by atoms with Crippen molar-refractivity contribution in [3.8, 4) is 0 Å². The van der Waals surface area contributed by atoms with E-state index in [1.807, 2.05) is 35.2 Å². The Bertz CT molecular complexity index is 1130. The van der Waals surface area contributed by atoms with Crippen LogP contribution in [-0.2, 0) is 16.0 Å². The number of benzene rings is 2. The molecular formula is C22H20N4O5.